The van der Waals surface area contributed by atoms with Gasteiger partial charge in [-0.2, -0.15) is 0 Å². The van der Waals surface area contributed by atoms with E-state index in [-0.39, 0.29) is 12.0 Å². The van der Waals surface area contributed by atoms with Crippen LogP contribution in [0.3, 0.4) is 0 Å². The predicted octanol–water partition coefficient (Wildman–Crippen LogP) is 2.29. The summed E-state index contributed by atoms with van der Waals surface area (Å²) in [6.07, 6.45) is 0.543. The number of rotatable bonds is 6. The van der Waals surface area contributed by atoms with Crippen LogP contribution in [0.1, 0.15) is 23.9 Å². The molecule has 3 rings (SSSR count). The summed E-state index contributed by atoms with van der Waals surface area (Å²) in [5.74, 6) is 0.720. The molecule has 0 aliphatic carbocycles. The van der Waals surface area contributed by atoms with Gasteiger partial charge in [0.2, 0.25) is 0 Å². The van der Waals surface area contributed by atoms with Crippen molar-refractivity contribution in [3.63, 3.8) is 0 Å². The first-order valence-corrected chi connectivity index (χ1v) is 8.87. The van der Waals surface area contributed by atoms with Crippen molar-refractivity contribution in [2.45, 2.75) is 26.7 Å². The smallest absolute Gasteiger partial charge is 0.310 e. The Kier molecular flexibility index (Phi) is 5.39. The average Bonchev–Trinajstić information content (AvgIpc) is 3.08. The normalized spacial score (nSPS) is 10.9. The monoisotopic (exact) mass is 385 g/mol. The second-order valence-electron chi connectivity index (χ2n) is 6.28. The topological polar surface area (TPSA) is 94.9 Å². The number of nitrogens with one attached hydrogen (secondary N) is 1. The maximum atomic E-state index is 13.0. The van der Waals surface area contributed by atoms with Gasteiger partial charge in [-0.1, -0.05) is 13.0 Å². The Morgan fingerprint density at radius 3 is 2.50 bits per heavy atom. The Morgan fingerprint density at radius 2 is 1.89 bits per heavy atom. The van der Waals surface area contributed by atoms with Gasteiger partial charge in [-0.25, -0.2) is 9.50 Å². The number of ether oxygens (including phenoxy) is 3. The van der Waals surface area contributed by atoms with E-state index < -0.39 is 5.97 Å². The lowest BCUT2D eigenvalue weighted by molar-refractivity contribution is -0.139. The minimum Gasteiger partial charge on any atom is -0.493 e. The quantitative estimate of drug-likeness (QED) is 0.654. The van der Waals surface area contributed by atoms with Crippen LogP contribution in [-0.2, 0) is 22.4 Å². The molecule has 0 fully saturated rings. The van der Waals surface area contributed by atoms with Crippen molar-refractivity contribution in [3.8, 4) is 22.6 Å². The van der Waals surface area contributed by atoms with Crippen LogP contribution >= 0.6 is 0 Å². The highest BCUT2D eigenvalue weighted by molar-refractivity contribution is 5.82. The number of methoxy groups -OCH3 is 3. The number of carbonyl (C=O) groups excluding carboxylic acids is 1. The number of hydrogen-bond donors (Lipinski definition) is 1. The number of aromatic nitrogens is 3. The van der Waals surface area contributed by atoms with Gasteiger partial charge in [0, 0.05) is 17.0 Å². The van der Waals surface area contributed by atoms with Gasteiger partial charge in [-0.15, -0.1) is 0 Å². The molecule has 0 aliphatic rings. The van der Waals surface area contributed by atoms with Gasteiger partial charge >= 0.3 is 5.97 Å². The van der Waals surface area contributed by atoms with E-state index >= 15 is 0 Å². The number of hydrogen-bond acceptors (Lipinski definition) is 6. The molecular formula is C20H23N3O5. The molecule has 1 N–H and O–H groups in total. The number of benzene rings is 1. The zero-order chi connectivity index (χ0) is 20.4. The SMILES string of the molecule is CCc1[nH]n2c(=O)c(CC(=O)OC)c(C)nc2c1-c1ccc(OC)c(OC)c1. The Balaban J connectivity index is 2.27. The summed E-state index contributed by atoms with van der Waals surface area (Å²) in [5.41, 5.74) is 3.51. The van der Waals surface area contributed by atoms with Gasteiger partial charge in [0.1, 0.15) is 0 Å². The van der Waals surface area contributed by atoms with Gasteiger partial charge in [-0.05, 0) is 31.0 Å². The first-order valence-electron chi connectivity index (χ1n) is 8.87. The molecule has 0 unspecified atom stereocenters. The molecule has 0 atom stereocenters. The van der Waals surface area contributed by atoms with Crippen molar-refractivity contribution in [1.29, 1.82) is 0 Å². The molecule has 0 aliphatic heterocycles. The van der Waals surface area contributed by atoms with E-state index in [0.29, 0.717) is 34.8 Å². The second kappa shape index (κ2) is 7.75. The molecule has 0 amide bonds. The summed E-state index contributed by atoms with van der Waals surface area (Å²) in [6.45, 7) is 3.71. The van der Waals surface area contributed by atoms with Gasteiger partial charge in [0.15, 0.2) is 17.1 Å². The average molecular weight is 385 g/mol. The standard InChI is InChI=1S/C20H23N3O5/c1-6-14-18(12-7-8-15(26-3)16(9-12)27-4)19-21-11(2)13(10-17(24)28-5)20(25)23(19)22-14/h7-9,22H,6,10H2,1-5H3. The lowest BCUT2D eigenvalue weighted by atomic mass is 10.0. The van der Waals surface area contributed by atoms with E-state index in [2.05, 4.69) is 10.1 Å². The highest BCUT2D eigenvalue weighted by atomic mass is 16.5. The fourth-order valence-electron chi connectivity index (χ4n) is 3.23. The van der Waals surface area contributed by atoms with Gasteiger partial charge in [-0.3, -0.25) is 14.7 Å². The van der Waals surface area contributed by atoms with E-state index in [9.17, 15) is 9.59 Å². The summed E-state index contributed by atoms with van der Waals surface area (Å²) < 4.78 is 16.8. The molecule has 0 saturated heterocycles. The fourth-order valence-corrected chi connectivity index (χ4v) is 3.23. The van der Waals surface area contributed by atoms with Crippen LogP contribution in [0.25, 0.3) is 16.8 Å². The highest BCUT2D eigenvalue weighted by Gasteiger charge is 2.21. The maximum absolute atomic E-state index is 13.0. The minimum atomic E-state index is -0.482. The van der Waals surface area contributed by atoms with Crippen molar-refractivity contribution >= 4 is 11.6 Å². The molecule has 2 aromatic heterocycles. The van der Waals surface area contributed by atoms with Crippen LogP contribution in [0.5, 0.6) is 11.5 Å². The third-order valence-electron chi connectivity index (χ3n) is 4.73. The summed E-state index contributed by atoms with van der Waals surface area (Å²) in [5, 5.41) is 3.12. The highest BCUT2D eigenvalue weighted by Crippen LogP contribution is 2.35. The molecule has 0 bridgehead atoms. The fraction of sp³-hybridized carbons (Fsp3) is 0.350. The zero-order valence-electron chi connectivity index (χ0n) is 16.6. The Morgan fingerprint density at radius 1 is 1.18 bits per heavy atom. The number of aromatic amines is 1. The zero-order valence-corrected chi connectivity index (χ0v) is 16.6. The molecule has 148 valence electrons. The minimum absolute atomic E-state index is 0.122. The molecular weight excluding hydrogens is 362 g/mol. The molecule has 0 radical (unpaired) electrons. The first kappa shape index (κ1) is 19.5. The molecule has 0 saturated carbocycles. The van der Waals surface area contributed by atoms with Crippen molar-refractivity contribution < 1.29 is 19.0 Å². The number of aryl methyl sites for hydroxylation is 2. The van der Waals surface area contributed by atoms with Crippen LogP contribution in [0, 0.1) is 6.92 Å². The Bertz CT molecular complexity index is 1100. The molecule has 8 nitrogen and oxygen atoms in total. The van der Waals surface area contributed by atoms with Crippen LogP contribution < -0.4 is 15.0 Å². The van der Waals surface area contributed by atoms with Crippen molar-refractivity contribution in [1.82, 2.24) is 14.6 Å². The van der Waals surface area contributed by atoms with E-state index in [4.69, 9.17) is 14.2 Å². The summed E-state index contributed by atoms with van der Waals surface area (Å²) in [4.78, 5) is 29.3. The van der Waals surface area contributed by atoms with Crippen molar-refractivity contribution in [3.05, 3.63) is 45.5 Å². The summed E-state index contributed by atoms with van der Waals surface area (Å²) in [6, 6.07) is 5.56. The summed E-state index contributed by atoms with van der Waals surface area (Å²) in [7, 11) is 4.44. The molecule has 8 heteroatoms. The van der Waals surface area contributed by atoms with Gasteiger partial charge in [0.25, 0.3) is 5.56 Å². The summed E-state index contributed by atoms with van der Waals surface area (Å²) >= 11 is 0. The van der Waals surface area contributed by atoms with Crippen molar-refractivity contribution in [2.24, 2.45) is 0 Å². The van der Waals surface area contributed by atoms with Crippen LogP contribution in [-0.4, -0.2) is 41.9 Å². The number of carbonyl (C=O) groups is 1. The third-order valence-corrected chi connectivity index (χ3v) is 4.73. The largest absolute Gasteiger partial charge is 0.493 e. The molecule has 3 aromatic rings. The number of fused-ring (bicyclic) bond motifs is 1. The maximum Gasteiger partial charge on any atom is 0.310 e. The first-order chi connectivity index (χ1) is 13.4. The van der Waals surface area contributed by atoms with E-state index in [1.807, 2.05) is 25.1 Å². The second-order valence-corrected chi connectivity index (χ2v) is 6.28. The van der Waals surface area contributed by atoms with Crippen LogP contribution in [0.4, 0.5) is 0 Å². The molecule has 28 heavy (non-hydrogen) atoms. The van der Waals surface area contributed by atoms with E-state index in [1.54, 1.807) is 21.1 Å². The Labute approximate surface area is 162 Å². The number of nitrogens with zero attached hydrogens (tertiary/aromatic N) is 2. The number of esters is 1. The van der Waals surface area contributed by atoms with Gasteiger partial charge in [0.05, 0.1) is 33.3 Å². The van der Waals surface area contributed by atoms with Crippen molar-refractivity contribution in [2.75, 3.05) is 21.3 Å². The Hall–Kier alpha value is -3.29. The van der Waals surface area contributed by atoms with Gasteiger partial charge < -0.3 is 14.2 Å². The number of H-pyrrole nitrogens is 1. The lowest BCUT2D eigenvalue weighted by Crippen LogP contribution is -2.24. The predicted molar refractivity (Wildman–Crippen MR) is 104 cm³/mol. The van der Waals surface area contributed by atoms with E-state index in [0.717, 1.165) is 16.8 Å². The van der Waals surface area contributed by atoms with Crippen LogP contribution in [0.15, 0.2) is 23.0 Å². The third kappa shape index (κ3) is 3.21. The molecule has 0 spiro atoms. The van der Waals surface area contributed by atoms with Crippen LogP contribution in [0.2, 0.25) is 0 Å². The molecule has 2 heterocycles. The van der Waals surface area contributed by atoms with E-state index in [1.165, 1.54) is 11.6 Å². The molecule has 1 aromatic carbocycles. The lowest BCUT2D eigenvalue weighted by Gasteiger charge is -2.10.